The van der Waals surface area contributed by atoms with Gasteiger partial charge < -0.3 is 13.5 Å². The summed E-state index contributed by atoms with van der Waals surface area (Å²) in [4.78, 5) is 14.9. The number of amides is 1. The summed E-state index contributed by atoms with van der Waals surface area (Å²) in [6.45, 7) is 4.86. The molecule has 0 bridgehead atoms. The molecule has 2 aromatic rings. The minimum absolute atomic E-state index is 0.0367. The highest BCUT2D eigenvalue weighted by atomic mass is 32.2. The van der Waals surface area contributed by atoms with E-state index in [2.05, 4.69) is 6.92 Å². The second-order valence-corrected chi connectivity index (χ2v) is 8.53. The smallest absolute Gasteiger partial charge is 0.306 e. The maximum Gasteiger partial charge on any atom is 0.306 e. The molecule has 0 saturated heterocycles. The topological polar surface area (TPSA) is 76.8 Å². The Hall–Kier alpha value is -2.28. The molecule has 28 heavy (non-hydrogen) atoms. The van der Waals surface area contributed by atoms with Crippen LogP contribution >= 0.6 is 0 Å². The average Bonchev–Trinajstić information content (AvgIpc) is 3.13. The van der Waals surface area contributed by atoms with Crippen molar-refractivity contribution in [2.24, 2.45) is 5.92 Å². The highest BCUT2D eigenvalue weighted by Crippen LogP contribution is 2.22. The van der Waals surface area contributed by atoms with Crippen molar-refractivity contribution < 1.29 is 21.8 Å². The molecule has 0 unspecified atom stereocenters. The van der Waals surface area contributed by atoms with E-state index in [1.165, 1.54) is 0 Å². The third kappa shape index (κ3) is 7.03. The number of carbonyl (C=O) groups is 1. The van der Waals surface area contributed by atoms with E-state index in [0.29, 0.717) is 18.8 Å². The maximum absolute atomic E-state index is 13.2. The summed E-state index contributed by atoms with van der Waals surface area (Å²) in [5.41, 5.74) is 0.798. The average molecular weight is 408 g/mol. The second kappa shape index (κ2) is 10.3. The fraction of sp³-hybridized carbons (Fsp3) is 0.476. The molecular formula is C21H29NO5S. The third-order valence-electron chi connectivity index (χ3n) is 4.51. The molecule has 1 atom stereocenters. The van der Waals surface area contributed by atoms with Gasteiger partial charge in [0, 0.05) is 12.5 Å². The number of benzene rings is 1. The molecule has 154 valence electrons. The van der Waals surface area contributed by atoms with Gasteiger partial charge in [0.15, 0.2) is 0 Å². The fourth-order valence-electron chi connectivity index (χ4n) is 3.10. The summed E-state index contributed by atoms with van der Waals surface area (Å²) < 4.78 is 33.2. The Kier molecular flexibility index (Phi) is 8.11. The van der Waals surface area contributed by atoms with Crippen LogP contribution < -0.4 is 4.18 Å². The zero-order chi connectivity index (χ0) is 20.6. The molecule has 0 radical (unpaired) electrons. The molecule has 0 N–H and O–H groups in total. The Morgan fingerprint density at radius 3 is 2.57 bits per heavy atom. The van der Waals surface area contributed by atoms with Gasteiger partial charge in [-0.1, -0.05) is 38.8 Å². The van der Waals surface area contributed by atoms with E-state index in [-0.39, 0.29) is 17.6 Å². The monoisotopic (exact) mass is 407 g/mol. The molecular weight excluding hydrogens is 378 g/mol. The van der Waals surface area contributed by atoms with Crippen molar-refractivity contribution in [3.63, 3.8) is 0 Å². The Morgan fingerprint density at radius 2 is 1.96 bits per heavy atom. The van der Waals surface area contributed by atoms with E-state index >= 15 is 0 Å². The van der Waals surface area contributed by atoms with Crippen LogP contribution in [0.5, 0.6) is 5.75 Å². The number of nitrogens with zero attached hydrogens (tertiary/aromatic N) is 1. The van der Waals surface area contributed by atoms with Crippen LogP contribution in [0.3, 0.4) is 0 Å². The number of furan rings is 1. The summed E-state index contributed by atoms with van der Waals surface area (Å²) in [7, 11) is -3.60. The number of carbonyl (C=O) groups excluding carboxylic acids is 1. The van der Waals surface area contributed by atoms with E-state index in [4.69, 9.17) is 8.60 Å². The quantitative estimate of drug-likeness (QED) is 0.517. The van der Waals surface area contributed by atoms with E-state index in [9.17, 15) is 13.2 Å². The molecule has 0 fully saturated rings. The molecule has 2 rings (SSSR count). The van der Waals surface area contributed by atoms with E-state index in [1.807, 2.05) is 19.1 Å². The first-order valence-electron chi connectivity index (χ1n) is 9.62. The van der Waals surface area contributed by atoms with Gasteiger partial charge in [-0.2, -0.15) is 8.42 Å². The molecule has 7 heteroatoms. The number of hydrogen-bond acceptors (Lipinski definition) is 5. The number of hydrogen-bond donors (Lipinski definition) is 0. The summed E-state index contributed by atoms with van der Waals surface area (Å²) in [5.74, 6) is 0.998. The van der Waals surface area contributed by atoms with Gasteiger partial charge in [0.05, 0.1) is 19.1 Å². The Balaban J connectivity index is 2.22. The highest BCUT2D eigenvalue weighted by molar-refractivity contribution is 7.86. The van der Waals surface area contributed by atoms with Crippen molar-refractivity contribution in [2.75, 3.05) is 6.26 Å². The van der Waals surface area contributed by atoms with Crippen LogP contribution in [0.15, 0.2) is 47.1 Å². The van der Waals surface area contributed by atoms with Gasteiger partial charge in [-0.25, -0.2) is 0 Å². The Bertz CT molecular complexity index is 845. The summed E-state index contributed by atoms with van der Waals surface area (Å²) >= 11 is 0. The molecule has 1 amide bonds. The van der Waals surface area contributed by atoms with Crippen molar-refractivity contribution in [1.29, 1.82) is 0 Å². The molecule has 0 saturated carbocycles. The van der Waals surface area contributed by atoms with Crippen LogP contribution in [0.4, 0.5) is 0 Å². The van der Waals surface area contributed by atoms with Gasteiger partial charge in [-0.15, -0.1) is 0 Å². The lowest BCUT2D eigenvalue weighted by molar-refractivity contribution is -0.137. The zero-order valence-electron chi connectivity index (χ0n) is 16.8. The van der Waals surface area contributed by atoms with Crippen molar-refractivity contribution in [1.82, 2.24) is 4.90 Å². The van der Waals surface area contributed by atoms with Crippen molar-refractivity contribution >= 4 is 16.0 Å². The van der Waals surface area contributed by atoms with Gasteiger partial charge in [-0.3, -0.25) is 4.79 Å². The van der Waals surface area contributed by atoms with Gasteiger partial charge in [-0.05, 0) is 42.7 Å². The minimum Gasteiger partial charge on any atom is -0.467 e. The second-order valence-electron chi connectivity index (χ2n) is 6.96. The van der Waals surface area contributed by atoms with Gasteiger partial charge in [0.25, 0.3) is 0 Å². The maximum atomic E-state index is 13.2. The largest absolute Gasteiger partial charge is 0.467 e. The lowest BCUT2D eigenvalue weighted by Gasteiger charge is -2.26. The van der Waals surface area contributed by atoms with Crippen LogP contribution in [0.1, 0.15) is 50.9 Å². The number of rotatable bonds is 11. The van der Waals surface area contributed by atoms with Crippen molar-refractivity contribution in [2.45, 2.75) is 52.6 Å². The van der Waals surface area contributed by atoms with Gasteiger partial charge >= 0.3 is 10.1 Å². The Labute approximate surface area is 167 Å². The fourth-order valence-corrected chi connectivity index (χ4v) is 3.56. The lowest BCUT2D eigenvalue weighted by Crippen LogP contribution is -2.35. The number of unbranched alkanes of at least 4 members (excludes halogenated alkanes) is 1. The molecule has 1 aromatic heterocycles. The van der Waals surface area contributed by atoms with E-state index < -0.39 is 10.1 Å². The van der Waals surface area contributed by atoms with Crippen molar-refractivity contribution in [3.8, 4) is 5.75 Å². The standard InChI is InChI=1S/C21H29NO5S/c1-4-6-10-18(5-2)21(23)22(16-20-12-8-13-26-20)15-17-9-7-11-19(14-17)27-28(3,24)25/h7-9,11-14,18H,4-6,10,15-16H2,1-3H3/t18-/m1/s1. The summed E-state index contributed by atoms with van der Waals surface area (Å²) in [5, 5.41) is 0. The molecule has 1 heterocycles. The van der Waals surface area contributed by atoms with Gasteiger partial charge in [0.1, 0.15) is 11.5 Å². The first kappa shape index (κ1) is 22.0. The van der Waals surface area contributed by atoms with Crippen molar-refractivity contribution in [3.05, 3.63) is 54.0 Å². The van der Waals surface area contributed by atoms with E-state index in [1.54, 1.807) is 35.4 Å². The van der Waals surface area contributed by atoms with Crippen LogP contribution in [0.25, 0.3) is 0 Å². The first-order chi connectivity index (χ1) is 13.3. The lowest BCUT2D eigenvalue weighted by atomic mass is 9.97. The van der Waals surface area contributed by atoms with E-state index in [0.717, 1.165) is 37.5 Å². The molecule has 0 aliphatic rings. The molecule has 6 nitrogen and oxygen atoms in total. The predicted octanol–water partition coefficient (Wildman–Crippen LogP) is 4.36. The SMILES string of the molecule is CCCC[C@@H](CC)C(=O)N(Cc1cccc(OS(C)(=O)=O)c1)Cc1ccco1. The predicted molar refractivity (Wildman–Crippen MR) is 108 cm³/mol. The molecule has 0 aliphatic heterocycles. The van der Waals surface area contributed by atoms with Crippen LogP contribution in [-0.4, -0.2) is 25.5 Å². The third-order valence-corrected chi connectivity index (χ3v) is 5.00. The van der Waals surface area contributed by atoms with Gasteiger partial charge in [0.2, 0.25) is 5.91 Å². The minimum atomic E-state index is -3.60. The first-order valence-corrected chi connectivity index (χ1v) is 11.4. The summed E-state index contributed by atoms with van der Waals surface area (Å²) in [6, 6.07) is 10.4. The molecule has 1 aromatic carbocycles. The normalized spacial score (nSPS) is 12.5. The molecule has 0 aliphatic carbocycles. The molecule has 0 spiro atoms. The highest BCUT2D eigenvalue weighted by Gasteiger charge is 2.24. The Morgan fingerprint density at radius 1 is 1.18 bits per heavy atom. The summed E-state index contributed by atoms with van der Waals surface area (Å²) in [6.07, 6.45) is 6.30. The van der Waals surface area contributed by atoms with Crippen LogP contribution in [0, 0.1) is 5.92 Å². The van der Waals surface area contributed by atoms with Crippen LogP contribution in [0.2, 0.25) is 0 Å². The zero-order valence-corrected chi connectivity index (χ0v) is 17.6. The van der Waals surface area contributed by atoms with Crippen LogP contribution in [-0.2, 0) is 28.0 Å².